The van der Waals surface area contributed by atoms with Gasteiger partial charge in [-0.2, -0.15) is 0 Å². The maximum Gasteiger partial charge on any atom is 0.186 e. The lowest BCUT2D eigenvalue weighted by Gasteiger charge is -2.25. The molecule has 1 aliphatic rings. The summed E-state index contributed by atoms with van der Waals surface area (Å²) in [5, 5.41) is 0.795. The molecule has 0 unspecified atom stereocenters. The Morgan fingerprint density at radius 3 is 2.64 bits per heavy atom. The van der Waals surface area contributed by atoms with Gasteiger partial charge in [-0.05, 0) is 12.8 Å². The van der Waals surface area contributed by atoms with Crippen LogP contribution in [0.3, 0.4) is 0 Å². The molecular formula is C8H13ClOS. The third kappa shape index (κ3) is 3.04. The van der Waals surface area contributed by atoms with Crippen LogP contribution in [0.4, 0.5) is 0 Å². The van der Waals surface area contributed by atoms with E-state index in [1.54, 1.807) is 6.92 Å². The zero-order valence-electron chi connectivity index (χ0n) is 6.68. The summed E-state index contributed by atoms with van der Waals surface area (Å²) in [6.45, 7) is 1.61. The van der Waals surface area contributed by atoms with Crippen LogP contribution in [0.15, 0.2) is 0 Å². The number of thioether (sulfide) groups is 1. The molecule has 0 aromatic heterocycles. The Hall–Kier alpha value is 0.310. The molecule has 0 aromatic rings. The van der Waals surface area contributed by atoms with Crippen LogP contribution in [0.2, 0.25) is 0 Å². The Morgan fingerprint density at radius 2 is 2.09 bits per heavy atom. The lowest BCUT2D eigenvalue weighted by atomic mass is 10.00. The van der Waals surface area contributed by atoms with Crippen LogP contribution in [-0.4, -0.2) is 15.7 Å². The summed E-state index contributed by atoms with van der Waals surface area (Å²) in [7, 11) is 0. The van der Waals surface area contributed by atoms with Gasteiger partial charge in [0, 0.05) is 17.6 Å². The Balaban J connectivity index is 2.35. The van der Waals surface area contributed by atoms with E-state index in [-0.39, 0.29) is 10.5 Å². The predicted molar refractivity (Wildman–Crippen MR) is 50.2 cm³/mol. The minimum absolute atomic E-state index is 0.197. The van der Waals surface area contributed by atoms with Crippen LogP contribution in [-0.2, 0) is 4.79 Å². The Labute approximate surface area is 76.9 Å². The molecule has 1 saturated carbocycles. The average Bonchev–Trinajstić information content (AvgIpc) is 1.93. The first-order chi connectivity index (χ1) is 5.20. The van der Waals surface area contributed by atoms with Gasteiger partial charge in [0.25, 0.3) is 0 Å². The van der Waals surface area contributed by atoms with E-state index in [1.807, 2.05) is 0 Å². The standard InChI is InChI=1S/C8H13ClOS/c1-6(10)11-8-5-3-2-4-7(8)9/h7-8H,2-5H2,1H3/t7-,8-/m1/s1. The number of hydrogen-bond donors (Lipinski definition) is 0. The molecule has 0 aliphatic heterocycles. The molecule has 64 valence electrons. The van der Waals surface area contributed by atoms with Crippen LogP contribution in [0.25, 0.3) is 0 Å². The summed E-state index contributed by atoms with van der Waals surface area (Å²) in [4.78, 5) is 10.8. The fraction of sp³-hybridized carbons (Fsp3) is 0.875. The lowest BCUT2D eigenvalue weighted by Crippen LogP contribution is -2.23. The van der Waals surface area contributed by atoms with Gasteiger partial charge in [0.2, 0.25) is 0 Å². The van der Waals surface area contributed by atoms with Gasteiger partial charge in [-0.1, -0.05) is 24.6 Å². The molecule has 0 saturated heterocycles. The van der Waals surface area contributed by atoms with Crippen molar-refractivity contribution in [3.63, 3.8) is 0 Å². The van der Waals surface area contributed by atoms with Crippen LogP contribution in [0, 0.1) is 0 Å². The molecule has 2 atom stereocenters. The van der Waals surface area contributed by atoms with E-state index in [9.17, 15) is 4.79 Å². The van der Waals surface area contributed by atoms with E-state index in [4.69, 9.17) is 11.6 Å². The minimum Gasteiger partial charge on any atom is -0.288 e. The van der Waals surface area contributed by atoms with Crippen LogP contribution >= 0.6 is 23.4 Å². The van der Waals surface area contributed by atoms with Crippen molar-refractivity contribution in [1.82, 2.24) is 0 Å². The van der Waals surface area contributed by atoms with Crippen LogP contribution in [0.1, 0.15) is 32.6 Å². The first kappa shape index (κ1) is 9.40. The molecule has 0 N–H and O–H groups in total. The van der Waals surface area contributed by atoms with Crippen molar-refractivity contribution < 1.29 is 4.79 Å². The van der Waals surface area contributed by atoms with Crippen molar-refractivity contribution in [2.45, 2.75) is 43.2 Å². The second-order valence-corrected chi connectivity index (χ2v) is 4.93. The number of rotatable bonds is 1. The highest BCUT2D eigenvalue weighted by atomic mass is 35.5. The largest absolute Gasteiger partial charge is 0.288 e. The number of halogens is 1. The number of hydrogen-bond acceptors (Lipinski definition) is 2. The predicted octanol–water partition coefficient (Wildman–Crippen LogP) is 2.82. The van der Waals surface area contributed by atoms with Crippen molar-refractivity contribution >= 4 is 28.5 Å². The van der Waals surface area contributed by atoms with E-state index < -0.39 is 0 Å². The van der Waals surface area contributed by atoms with E-state index in [0.717, 1.165) is 12.8 Å². The topological polar surface area (TPSA) is 17.1 Å². The van der Waals surface area contributed by atoms with E-state index in [0.29, 0.717) is 5.25 Å². The first-order valence-corrected chi connectivity index (χ1v) is 5.33. The summed E-state index contributed by atoms with van der Waals surface area (Å²) < 4.78 is 0. The van der Waals surface area contributed by atoms with E-state index in [1.165, 1.54) is 24.6 Å². The fourth-order valence-electron chi connectivity index (χ4n) is 1.40. The average molecular weight is 193 g/mol. The third-order valence-electron chi connectivity index (χ3n) is 1.94. The molecule has 1 fully saturated rings. The molecule has 0 radical (unpaired) electrons. The third-order valence-corrected chi connectivity index (χ3v) is 3.81. The molecule has 0 amide bonds. The maximum absolute atomic E-state index is 10.8. The van der Waals surface area contributed by atoms with Crippen molar-refractivity contribution in [3.05, 3.63) is 0 Å². The Kier molecular flexibility index (Phi) is 3.73. The quantitative estimate of drug-likeness (QED) is 0.595. The fourth-order valence-corrected chi connectivity index (χ4v) is 2.83. The Bertz CT molecular complexity index is 149. The first-order valence-electron chi connectivity index (χ1n) is 4.01. The summed E-state index contributed by atoms with van der Waals surface area (Å²) in [6, 6.07) is 0. The van der Waals surface area contributed by atoms with Crippen LogP contribution in [0.5, 0.6) is 0 Å². The SMILES string of the molecule is CC(=O)S[C@@H]1CCCC[C@H]1Cl. The van der Waals surface area contributed by atoms with Gasteiger partial charge in [0.1, 0.15) is 0 Å². The van der Waals surface area contributed by atoms with E-state index >= 15 is 0 Å². The molecule has 11 heavy (non-hydrogen) atoms. The summed E-state index contributed by atoms with van der Waals surface area (Å²) in [6.07, 6.45) is 4.64. The maximum atomic E-state index is 10.8. The van der Waals surface area contributed by atoms with Crippen molar-refractivity contribution in [2.24, 2.45) is 0 Å². The molecule has 0 aromatic carbocycles. The minimum atomic E-state index is 0.197. The molecule has 0 bridgehead atoms. The molecule has 0 spiro atoms. The summed E-state index contributed by atoms with van der Waals surface area (Å²) in [5.74, 6) is 0. The number of alkyl halides is 1. The van der Waals surface area contributed by atoms with Gasteiger partial charge in [-0.15, -0.1) is 11.6 Å². The van der Waals surface area contributed by atoms with E-state index in [2.05, 4.69) is 0 Å². The Morgan fingerprint density at radius 1 is 1.45 bits per heavy atom. The monoisotopic (exact) mass is 192 g/mol. The second kappa shape index (κ2) is 4.36. The van der Waals surface area contributed by atoms with Gasteiger partial charge < -0.3 is 0 Å². The van der Waals surface area contributed by atoms with Crippen molar-refractivity contribution in [3.8, 4) is 0 Å². The molecule has 1 nitrogen and oxygen atoms in total. The highest BCUT2D eigenvalue weighted by Crippen LogP contribution is 2.32. The second-order valence-electron chi connectivity index (χ2n) is 2.95. The highest BCUT2D eigenvalue weighted by molar-refractivity contribution is 8.14. The van der Waals surface area contributed by atoms with Gasteiger partial charge in [0.15, 0.2) is 5.12 Å². The molecular weight excluding hydrogens is 180 g/mol. The summed E-state index contributed by atoms with van der Waals surface area (Å²) >= 11 is 7.47. The molecule has 1 aliphatic carbocycles. The molecule has 1 rings (SSSR count). The van der Waals surface area contributed by atoms with Gasteiger partial charge in [-0.3, -0.25) is 4.79 Å². The van der Waals surface area contributed by atoms with Crippen LogP contribution < -0.4 is 0 Å². The normalized spacial score (nSPS) is 31.8. The lowest BCUT2D eigenvalue weighted by molar-refractivity contribution is -0.109. The number of carbonyl (C=O) groups excluding carboxylic acids is 1. The highest BCUT2D eigenvalue weighted by Gasteiger charge is 2.24. The van der Waals surface area contributed by atoms with Crippen molar-refractivity contribution in [2.75, 3.05) is 0 Å². The number of carbonyl (C=O) groups is 1. The van der Waals surface area contributed by atoms with Crippen molar-refractivity contribution in [1.29, 1.82) is 0 Å². The molecule has 0 heterocycles. The zero-order valence-corrected chi connectivity index (χ0v) is 8.25. The van der Waals surface area contributed by atoms with Gasteiger partial charge >= 0.3 is 0 Å². The molecule has 3 heteroatoms. The summed E-state index contributed by atoms with van der Waals surface area (Å²) in [5.41, 5.74) is 0. The smallest absolute Gasteiger partial charge is 0.186 e. The van der Waals surface area contributed by atoms with Gasteiger partial charge in [0.05, 0.1) is 0 Å². The van der Waals surface area contributed by atoms with Gasteiger partial charge in [-0.25, -0.2) is 0 Å². The zero-order chi connectivity index (χ0) is 8.27.